The maximum Gasteiger partial charge on any atom is 0.256 e. The van der Waals surface area contributed by atoms with Crippen LogP contribution in [0.1, 0.15) is 34.1 Å². The number of rotatable bonds is 2. The summed E-state index contributed by atoms with van der Waals surface area (Å²) in [5.41, 5.74) is 6.35. The van der Waals surface area contributed by atoms with Crippen LogP contribution in [0.15, 0.2) is 35.7 Å². The molecule has 1 aliphatic rings. The first-order valence-electron chi connectivity index (χ1n) is 6.56. The number of hydrogen-bond donors (Lipinski definition) is 1. The van der Waals surface area contributed by atoms with Crippen LogP contribution in [-0.2, 0) is 0 Å². The van der Waals surface area contributed by atoms with E-state index < -0.39 is 5.82 Å². The number of nitrogens with two attached hydrogens (primary N) is 1. The molecule has 1 fully saturated rings. The molecule has 1 saturated heterocycles. The molecule has 0 saturated carbocycles. The number of amides is 1. The summed E-state index contributed by atoms with van der Waals surface area (Å²) >= 11 is 1.66. The Labute approximate surface area is 120 Å². The minimum Gasteiger partial charge on any atom is -0.398 e. The molecule has 3 nitrogen and oxygen atoms in total. The van der Waals surface area contributed by atoms with E-state index in [9.17, 15) is 9.18 Å². The van der Waals surface area contributed by atoms with Crippen molar-refractivity contribution in [2.45, 2.75) is 18.9 Å². The van der Waals surface area contributed by atoms with E-state index in [2.05, 4.69) is 6.07 Å². The van der Waals surface area contributed by atoms with Crippen molar-refractivity contribution in [3.8, 4) is 0 Å². The summed E-state index contributed by atoms with van der Waals surface area (Å²) in [6.07, 6.45) is 1.95. The molecule has 1 aromatic heterocycles. The van der Waals surface area contributed by atoms with Crippen molar-refractivity contribution in [1.29, 1.82) is 0 Å². The second-order valence-corrected chi connectivity index (χ2v) is 5.88. The second kappa shape index (κ2) is 5.25. The van der Waals surface area contributed by atoms with E-state index in [1.54, 1.807) is 11.3 Å². The summed E-state index contributed by atoms with van der Waals surface area (Å²) in [5.74, 6) is -0.534. The van der Waals surface area contributed by atoms with Crippen LogP contribution in [0.3, 0.4) is 0 Å². The molecule has 0 radical (unpaired) electrons. The second-order valence-electron chi connectivity index (χ2n) is 4.90. The zero-order valence-electron chi connectivity index (χ0n) is 10.9. The van der Waals surface area contributed by atoms with Crippen molar-refractivity contribution < 1.29 is 9.18 Å². The van der Waals surface area contributed by atoms with Gasteiger partial charge < -0.3 is 10.6 Å². The highest BCUT2D eigenvalue weighted by Gasteiger charge is 2.31. The largest absolute Gasteiger partial charge is 0.398 e. The third kappa shape index (κ3) is 2.29. The van der Waals surface area contributed by atoms with Crippen LogP contribution in [0.2, 0.25) is 0 Å². The van der Waals surface area contributed by atoms with Crippen LogP contribution in [0.25, 0.3) is 0 Å². The Kier molecular flexibility index (Phi) is 3.44. The van der Waals surface area contributed by atoms with Gasteiger partial charge >= 0.3 is 0 Å². The first-order valence-corrected chi connectivity index (χ1v) is 7.44. The number of carbonyl (C=O) groups excluding carboxylic acids is 1. The van der Waals surface area contributed by atoms with Crippen molar-refractivity contribution in [3.63, 3.8) is 0 Å². The van der Waals surface area contributed by atoms with E-state index in [1.165, 1.54) is 23.1 Å². The van der Waals surface area contributed by atoms with Gasteiger partial charge in [-0.15, -0.1) is 11.3 Å². The Bertz CT molecular complexity index is 627. The summed E-state index contributed by atoms with van der Waals surface area (Å²) < 4.78 is 13.1. The molecule has 2 heterocycles. The predicted octanol–water partition coefficient (Wildman–Crippen LogP) is 3.45. The average molecular weight is 290 g/mol. The molecule has 1 atom stereocenters. The van der Waals surface area contributed by atoms with E-state index in [0.29, 0.717) is 5.56 Å². The molecule has 2 N–H and O–H groups in total. The van der Waals surface area contributed by atoms with E-state index in [0.717, 1.165) is 19.4 Å². The maximum absolute atomic E-state index is 13.1. The van der Waals surface area contributed by atoms with Gasteiger partial charge in [0.15, 0.2) is 0 Å². The Hall–Kier alpha value is -1.88. The molecule has 1 aliphatic heterocycles. The molecular formula is C15H15FN2OS. The molecule has 0 spiro atoms. The lowest BCUT2D eigenvalue weighted by Gasteiger charge is -2.24. The molecule has 2 aromatic rings. The Morgan fingerprint density at radius 1 is 1.40 bits per heavy atom. The van der Waals surface area contributed by atoms with Gasteiger partial charge in [0.25, 0.3) is 5.91 Å². The van der Waals surface area contributed by atoms with Crippen LogP contribution in [0, 0.1) is 5.82 Å². The van der Waals surface area contributed by atoms with Crippen LogP contribution in [-0.4, -0.2) is 17.4 Å². The van der Waals surface area contributed by atoms with Crippen LogP contribution < -0.4 is 5.73 Å². The maximum atomic E-state index is 13.1. The quantitative estimate of drug-likeness (QED) is 0.861. The summed E-state index contributed by atoms with van der Waals surface area (Å²) in [6, 6.07) is 8.11. The Morgan fingerprint density at radius 2 is 2.25 bits per heavy atom. The zero-order chi connectivity index (χ0) is 14.1. The van der Waals surface area contributed by atoms with E-state index in [1.807, 2.05) is 16.3 Å². The molecule has 20 heavy (non-hydrogen) atoms. The smallest absolute Gasteiger partial charge is 0.256 e. The van der Waals surface area contributed by atoms with Crippen molar-refractivity contribution in [2.75, 3.05) is 12.3 Å². The lowest BCUT2D eigenvalue weighted by atomic mass is 10.1. The topological polar surface area (TPSA) is 46.3 Å². The number of nitrogen functional groups attached to an aromatic ring is 1. The molecule has 5 heteroatoms. The number of benzene rings is 1. The first kappa shape index (κ1) is 13.1. The van der Waals surface area contributed by atoms with Gasteiger partial charge in [0.2, 0.25) is 0 Å². The minimum atomic E-state index is -0.421. The highest BCUT2D eigenvalue weighted by atomic mass is 32.1. The molecule has 1 aromatic carbocycles. The lowest BCUT2D eigenvalue weighted by Crippen LogP contribution is -2.30. The Balaban J connectivity index is 1.89. The highest BCUT2D eigenvalue weighted by molar-refractivity contribution is 7.10. The van der Waals surface area contributed by atoms with E-state index in [-0.39, 0.29) is 17.6 Å². The number of halogens is 1. The molecule has 104 valence electrons. The zero-order valence-corrected chi connectivity index (χ0v) is 11.7. The number of thiophene rings is 1. The van der Waals surface area contributed by atoms with Crippen molar-refractivity contribution in [1.82, 2.24) is 4.90 Å². The summed E-state index contributed by atoms with van der Waals surface area (Å²) in [4.78, 5) is 15.6. The summed E-state index contributed by atoms with van der Waals surface area (Å²) in [7, 11) is 0. The minimum absolute atomic E-state index is 0.113. The first-order chi connectivity index (χ1) is 9.66. The van der Waals surface area contributed by atoms with Crippen LogP contribution in [0.5, 0.6) is 0 Å². The molecule has 0 aliphatic carbocycles. The third-order valence-electron chi connectivity index (χ3n) is 3.63. The fraction of sp³-hybridized carbons (Fsp3) is 0.267. The van der Waals surface area contributed by atoms with E-state index in [4.69, 9.17) is 5.73 Å². The summed E-state index contributed by atoms with van der Waals surface area (Å²) in [5, 5.41) is 2.02. The van der Waals surface area contributed by atoms with Gasteiger partial charge in [0, 0.05) is 17.1 Å². The normalized spacial score (nSPS) is 18.4. The fourth-order valence-electron chi connectivity index (χ4n) is 2.67. The van der Waals surface area contributed by atoms with Gasteiger partial charge in [0.05, 0.1) is 11.6 Å². The van der Waals surface area contributed by atoms with Crippen LogP contribution >= 0.6 is 11.3 Å². The monoisotopic (exact) mass is 290 g/mol. The third-order valence-corrected chi connectivity index (χ3v) is 4.60. The molecule has 3 rings (SSSR count). The molecule has 0 bridgehead atoms. The SMILES string of the molecule is Nc1cc(F)ccc1C(=O)N1CCCC1c1cccs1. The lowest BCUT2D eigenvalue weighted by molar-refractivity contribution is 0.0739. The van der Waals surface area contributed by atoms with Gasteiger partial charge in [-0.05, 0) is 42.5 Å². The fourth-order valence-corrected chi connectivity index (χ4v) is 3.54. The Morgan fingerprint density at radius 3 is 2.95 bits per heavy atom. The van der Waals surface area contributed by atoms with Crippen molar-refractivity contribution in [2.24, 2.45) is 0 Å². The van der Waals surface area contributed by atoms with Gasteiger partial charge in [0.1, 0.15) is 5.82 Å². The van der Waals surface area contributed by atoms with Gasteiger partial charge in [-0.25, -0.2) is 4.39 Å². The highest BCUT2D eigenvalue weighted by Crippen LogP contribution is 2.36. The van der Waals surface area contributed by atoms with Gasteiger partial charge in [-0.3, -0.25) is 4.79 Å². The molecular weight excluding hydrogens is 275 g/mol. The number of anilines is 1. The van der Waals surface area contributed by atoms with Gasteiger partial charge in [-0.2, -0.15) is 0 Å². The molecule has 1 amide bonds. The molecule has 1 unspecified atom stereocenters. The van der Waals surface area contributed by atoms with Crippen molar-refractivity contribution in [3.05, 3.63) is 52.0 Å². The number of likely N-dealkylation sites (tertiary alicyclic amines) is 1. The summed E-state index contributed by atoms with van der Waals surface area (Å²) in [6.45, 7) is 0.720. The average Bonchev–Trinajstić information content (AvgIpc) is 3.09. The van der Waals surface area contributed by atoms with E-state index >= 15 is 0 Å². The number of carbonyl (C=O) groups is 1. The van der Waals surface area contributed by atoms with Crippen molar-refractivity contribution >= 4 is 22.9 Å². The number of nitrogens with zero attached hydrogens (tertiary/aromatic N) is 1. The van der Waals surface area contributed by atoms with Gasteiger partial charge in [-0.1, -0.05) is 6.07 Å². The van der Waals surface area contributed by atoms with Crippen LogP contribution in [0.4, 0.5) is 10.1 Å². The number of hydrogen-bond acceptors (Lipinski definition) is 3. The predicted molar refractivity (Wildman–Crippen MR) is 78.1 cm³/mol. The standard InChI is InChI=1S/C15H15FN2OS/c16-10-5-6-11(12(17)9-10)15(19)18-7-1-3-13(18)14-4-2-8-20-14/h2,4-6,8-9,13H,1,3,7,17H2.